The lowest BCUT2D eigenvalue weighted by molar-refractivity contribution is -0.137. The molecule has 0 bridgehead atoms. The SMILES string of the molecule is CNC(=O)c1nc(NC(=O)c2cc(F)cc(C(F)(F)F)c2)c([C@H](C)c2cc(F)ccc2Cl)n1CC(C)=O. The first-order chi connectivity index (χ1) is 17.2. The van der Waals surface area contributed by atoms with E-state index >= 15 is 0 Å². The van der Waals surface area contributed by atoms with Crippen LogP contribution in [0.15, 0.2) is 36.4 Å². The zero-order chi connectivity index (χ0) is 27.7. The summed E-state index contributed by atoms with van der Waals surface area (Å²) in [4.78, 5) is 41.6. The lowest BCUT2D eigenvalue weighted by atomic mass is 9.96. The van der Waals surface area contributed by atoms with Crippen molar-refractivity contribution in [3.05, 3.63) is 81.3 Å². The van der Waals surface area contributed by atoms with E-state index < -0.39 is 52.5 Å². The Morgan fingerprint density at radius 2 is 1.73 bits per heavy atom. The second-order valence-corrected chi connectivity index (χ2v) is 8.51. The van der Waals surface area contributed by atoms with E-state index in [0.717, 1.165) is 12.1 Å². The van der Waals surface area contributed by atoms with E-state index in [1.54, 1.807) is 6.92 Å². The van der Waals surface area contributed by atoms with Crippen molar-refractivity contribution in [2.75, 3.05) is 12.4 Å². The van der Waals surface area contributed by atoms with Gasteiger partial charge < -0.3 is 15.2 Å². The minimum absolute atomic E-state index is 0.0436. The number of rotatable bonds is 7. The van der Waals surface area contributed by atoms with Crippen molar-refractivity contribution in [1.82, 2.24) is 14.9 Å². The molecule has 0 aliphatic carbocycles. The van der Waals surface area contributed by atoms with Crippen LogP contribution in [0.2, 0.25) is 5.02 Å². The van der Waals surface area contributed by atoms with Crippen LogP contribution in [0.5, 0.6) is 0 Å². The number of ketones is 1. The first kappa shape index (κ1) is 27.8. The number of halogens is 6. The van der Waals surface area contributed by atoms with Crippen LogP contribution in [0.25, 0.3) is 0 Å². The van der Waals surface area contributed by atoms with Crippen molar-refractivity contribution in [2.24, 2.45) is 0 Å². The number of nitrogens with zero attached hydrogens (tertiary/aromatic N) is 2. The van der Waals surface area contributed by atoms with Crippen LogP contribution in [0.1, 0.15) is 57.6 Å². The monoisotopic (exact) mass is 542 g/mol. The summed E-state index contributed by atoms with van der Waals surface area (Å²) in [7, 11) is 1.30. The molecule has 0 aliphatic rings. The normalized spacial score (nSPS) is 12.2. The van der Waals surface area contributed by atoms with Gasteiger partial charge in [0.15, 0.2) is 5.82 Å². The summed E-state index contributed by atoms with van der Waals surface area (Å²) in [5.74, 6) is -5.74. The number of benzene rings is 2. The number of hydrogen-bond donors (Lipinski definition) is 2. The lowest BCUT2D eigenvalue weighted by Crippen LogP contribution is -2.25. The molecule has 1 atom stereocenters. The molecule has 1 heterocycles. The number of hydrogen-bond acceptors (Lipinski definition) is 4. The molecule has 1 aromatic heterocycles. The highest BCUT2D eigenvalue weighted by atomic mass is 35.5. The summed E-state index contributed by atoms with van der Waals surface area (Å²) in [6, 6.07) is 4.82. The Balaban J connectivity index is 2.20. The van der Waals surface area contributed by atoms with Gasteiger partial charge in [-0.2, -0.15) is 13.2 Å². The van der Waals surface area contributed by atoms with Gasteiger partial charge in [0.25, 0.3) is 11.8 Å². The number of alkyl halides is 3. The van der Waals surface area contributed by atoms with E-state index in [0.29, 0.717) is 12.1 Å². The van der Waals surface area contributed by atoms with E-state index in [9.17, 15) is 36.3 Å². The molecular weight excluding hydrogens is 523 g/mol. The van der Waals surface area contributed by atoms with Crippen LogP contribution in [-0.4, -0.2) is 34.2 Å². The molecule has 0 fully saturated rings. The van der Waals surface area contributed by atoms with Crippen molar-refractivity contribution in [2.45, 2.75) is 32.5 Å². The minimum Gasteiger partial charge on any atom is -0.352 e. The molecule has 0 saturated carbocycles. The number of nitrogens with one attached hydrogen (secondary N) is 2. The highest BCUT2D eigenvalue weighted by Gasteiger charge is 2.33. The highest BCUT2D eigenvalue weighted by Crippen LogP contribution is 2.36. The van der Waals surface area contributed by atoms with Crippen LogP contribution < -0.4 is 10.6 Å². The summed E-state index contributed by atoms with van der Waals surface area (Å²) in [6.45, 7) is 2.40. The molecule has 0 aliphatic heterocycles. The Morgan fingerprint density at radius 1 is 1.05 bits per heavy atom. The molecule has 0 unspecified atom stereocenters. The van der Waals surface area contributed by atoms with Crippen molar-refractivity contribution in [3.8, 4) is 0 Å². The predicted octanol–water partition coefficient (Wildman–Crippen LogP) is 5.19. The fraction of sp³-hybridized carbons (Fsp3) is 0.250. The third-order valence-electron chi connectivity index (χ3n) is 5.37. The van der Waals surface area contributed by atoms with Crippen LogP contribution in [0.3, 0.4) is 0 Å². The van der Waals surface area contributed by atoms with E-state index in [4.69, 9.17) is 11.6 Å². The summed E-state index contributed by atoms with van der Waals surface area (Å²) in [5, 5.41) is 4.77. The molecule has 37 heavy (non-hydrogen) atoms. The zero-order valence-corrected chi connectivity index (χ0v) is 20.4. The Kier molecular flexibility index (Phi) is 8.01. The zero-order valence-electron chi connectivity index (χ0n) is 19.6. The molecule has 13 heteroatoms. The van der Waals surface area contributed by atoms with Gasteiger partial charge in [0.1, 0.15) is 17.4 Å². The molecule has 0 spiro atoms. The number of amides is 2. The summed E-state index contributed by atoms with van der Waals surface area (Å²) in [5.41, 5.74) is -1.79. The number of Topliss-reactive ketones (excluding diaryl/α,β-unsaturated/α-hetero) is 1. The fourth-order valence-electron chi connectivity index (χ4n) is 3.72. The maximum Gasteiger partial charge on any atom is 0.416 e. The van der Waals surface area contributed by atoms with E-state index in [2.05, 4.69) is 15.6 Å². The standard InChI is InChI=1S/C24H20ClF5N4O3/c1-11(35)10-34-19(12(2)17-9-15(26)4-5-18(17)25)20(32-21(34)23(37)31-3)33-22(36)13-6-14(24(28,29)30)8-16(27)7-13/h4-9,12H,10H2,1-3H3,(H,31,37)(H,33,36)/t12-/m1/s1. The molecular formula is C24H20ClF5N4O3. The molecule has 0 radical (unpaired) electrons. The number of anilines is 1. The second-order valence-electron chi connectivity index (χ2n) is 8.10. The average Bonchev–Trinajstić information content (AvgIpc) is 3.15. The molecule has 196 valence electrons. The first-order valence-corrected chi connectivity index (χ1v) is 11.1. The smallest absolute Gasteiger partial charge is 0.352 e. The number of carbonyl (C=O) groups excluding carboxylic acids is 3. The van der Waals surface area contributed by atoms with Crippen molar-refractivity contribution in [1.29, 1.82) is 0 Å². The minimum atomic E-state index is -4.92. The summed E-state index contributed by atoms with van der Waals surface area (Å²) >= 11 is 6.25. The van der Waals surface area contributed by atoms with Gasteiger partial charge in [-0.1, -0.05) is 18.5 Å². The van der Waals surface area contributed by atoms with Crippen LogP contribution in [0, 0.1) is 11.6 Å². The van der Waals surface area contributed by atoms with Crippen molar-refractivity contribution < 1.29 is 36.3 Å². The van der Waals surface area contributed by atoms with Gasteiger partial charge in [0.05, 0.1) is 17.8 Å². The molecule has 3 rings (SSSR count). The molecule has 3 aromatic rings. The summed E-state index contributed by atoms with van der Waals surface area (Å²) in [6.07, 6.45) is -4.92. The Bertz CT molecular complexity index is 1390. The Labute approximate surface area is 212 Å². The van der Waals surface area contributed by atoms with Gasteiger partial charge in [-0.25, -0.2) is 13.8 Å². The van der Waals surface area contributed by atoms with Gasteiger partial charge in [0, 0.05) is 23.6 Å². The highest BCUT2D eigenvalue weighted by molar-refractivity contribution is 6.31. The maximum absolute atomic E-state index is 14.0. The number of aromatic nitrogens is 2. The van der Waals surface area contributed by atoms with Gasteiger partial charge in [-0.05, 0) is 48.9 Å². The predicted molar refractivity (Wildman–Crippen MR) is 125 cm³/mol. The summed E-state index contributed by atoms with van der Waals surface area (Å²) < 4.78 is 68.5. The molecule has 7 nitrogen and oxygen atoms in total. The van der Waals surface area contributed by atoms with Gasteiger partial charge >= 0.3 is 6.18 Å². The van der Waals surface area contributed by atoms with Crippen molar-refractivity contribution >= 4 is 35.0 Å². The topological polar surface area (TPSA) is 93.1 Å². The number of imidazole rings is 1. The van der Waals surface area contributed by atoms with Gasteiger partial charge in [0.2, 0.25) is 5.82 Å². The molecule has 2 aromatic carbocycles. The lowest BCUT2D eigenvalue weighted by Gasteiger charge is -2.19. The largest absolute Gasteiger partial charge is 0.416 e. The van der Waals surface area contributed by atoms with Gasteiger partial charge in [-0.3, -0.25) is 14.4 Å². The van der Waals surface area contributed by atoms with Crippen LogP contribution in [0.4, 0.5) is 27.8 Å². The number of carbonyl (C=O) groups is 3. The Hall–Kier alpha value is -3.80. The Morgan fingerprint density at radius 3 is 2.32 bits per heavy atom. The van der Waals surface area contributed by atoms with Crippen molar-refractivity contribution in [3.63, 3.8) is 0 Å². The fourth-order valence-corrected chi connectivity index (χ4v) is 4.00. The van der Waals surface area contributed by atoms with E-state index in [1.807, 2.05) is 0 Å². The van der Waals surface area contributed by atoms with Crippen LogP contribution >= 0.6 is 11.6 Å². The molecule has 0 saturated heterocycles. The molecule has 2 amide bonds. The van der Waals surface area contributed by atoms with E-state index in [1.165, 1.54) is 24.6 Å². The molecule has 2 N–H and O–H groups in total. The first-order valence-electron chi connectivity index (χ1n) is 10.7. The maximum atomic E-state index is 14.0. The third kappa shape index (κ3) is 6.13. The third-order valence-corrected chi connectivity index (χ3v) is 5.72. The second kappa shape index (κ2) is 10.7. The average molecular weight is 543 g/mol. The van der Waals surface area contributed by atoms with Crippen LogP contribution in [-0.2, 0) is 17.5 Å². The van der Waals surface area contributed by atoms with E-state index in [-0.39, 0.29) is 40.5 Å². The quantitative estimate of drug-likeness (QED) is 0.402. The van der Waals surface area contributed by atoms with Gasteiger partial charge in [-0.15, -0.1) is 0 Å².